The van der Waals surface area contributed by atoms with Gasteiger partial charge < -0.3 is 14.2 Å². The van der Waals surface area contributed by atoms with Crippen LogP contribution in [0.25, 0.3) is 0 Å². The van der Waals surface area contributed by atoms with Gasteiger partial charge in [-0.15, -0.1) is 0 Å². The Balaban J connectivity index is 1.32. The standard InChI is InChI=1S/C26H20Br2O3/c27-21-7-11-23(12-8-21)30-25-5-1-3-19(15-25)17-29-18-20-4-2-6-26(16-20)31-24-13-9-22(28)10-14-24/h1-16H,17-18H2. The van der Waals surface area contributed by atoms with E-state index < -0.39 is 0 Å². The summed E-state index contributed by atoms with van der Waals surface area (Å²) in [5, 5.41) is 0. The van der Waals surface area contributed by atoms with E-state index >= 15 is 0 Å². The summed E-state index contributed by atoms with van der Waals surface area (Å²) in [6.45, 7) is 0.991. The second-order valence-corrected chi connectivity index (χ2v) is 8.73. The predicted molar refractivity (Wildman–Crippen MR) is 130 cm³/mol. The zero-order valence-electron chi connectivity index (χ0n) is 16.6. The van der Waals surface area contributed by atoms with Crippen molar-refractivity contribution in [3.05, 3.63) is 117 Å². The van der Waals surface area contributed by atoms with Crippen molar-refractivity contribution in [3.63, 3.8) is 0 Å². The second-order valence-electron chi connectivity index (χ2n) is 6.90. The molecule has 4 aromatic rings. The van der Waals surface area contributed by atoms with Crippen molar-refractivity contribution in [1.82, 2.24) is 0 Å². The van der Waals surface area contributed by atoms with Crippen LogP contribution in [0.4, 0.5) is 0 Å². The lowest BCUT2D eigenvalue weighted by atomic mass is 10.2. The van der Waals surface area contributed by atoms with Crippen molar-refractivity contribution in [1.29, 1.82) is 0 Å². The molecule has 0 fully saturated rings. The van der Waals surface area contributed by atoms with Gasteiger partial charge in [-0.1, -0.05) is 56.1 Å². The first-order chi connectivity index (χ1) is 15.1. The zero-order valence-corrected chi connectivity index (χ0v) is 19.8. The third-order valence-corrected chi connectivity index (χ3v) is 5.49. The van der Waals surface area contributed by atoms with Gasteiger partial charge in [-0.05, 0) is 83.9 Å². The van der Waals surface area contributed by atoms with Crippen LogP contribution in [0.3, 0.4) is 0 Å². The van der Waals surface area contributed by atoms with Crippen molar-refractivity contribution >= 4 is 31.9 Å². The number of hydrogen-bond donors (Lipinski definition) is 0. The van der Waals surface area contributed by atoms with Crippen LogP contribution in [-0.2, 0) is 18.0 Å². The molecule has 0 saturated carbocycles. The maximum atomic E-state index is 5.92. The highest BCUT2D eigenvalue weighted by molar-refractivity contribution is 9.10. The van der Waals surface area contributed by atoms with Crippen LogP contribution in [0, 0.1) is 0 Å². The highest BCUT2D eigenvalue weighted by atomic mass is 79.9. The summed E-state index contributed by atoms with van der Waals surface area (Å²) in [6.07, 6.45) is 0. The molecule has 0 aliphatic rings. The fourth-order valence-electron chi connectivity index (χ4n) is 2.96. The Hall–Kier alpha value is -2.60. The first kappa shape index (κ1) is 21.6. The van der Waals surface area contributed by atoms with E-state index in [4.69, 9.17) is 14.2 Å². The number of rotatable bonds is 8. The Bertz CT molecular complexity index is 1030. The Morgan fingerprint density at radius 3 is 1.32 bits per heavy atom. The Morgan fingerprint density at radius 2 is 0.903 bits per heavy atom. The molecule has 0 bridgehead atoms. The van der Waals surface area contributed by atoms with Crippen molar-refractivity contribution in [2.45, 2.75) is 13.2 Å². The van der Waals surface area contributed by atoms with Gasteiger partial charge in [0.25, 0.3) is 0 Å². The van der Waals surface area contributed by atoms with Gasteiger partial charge in [0.15, 0.2) is 0 Å². The SMILES string of the molecule is Brc1ccc(Oc2cccc(COCc3cccc(Oc4ccc(Br)cc4)c3)c2)cc1. The van der Waals surface area contributed by atoms with E-state index in [9.17, 15) is 0 Å². The molecule has 0 saturated heterocycles. The normalized spacial score (nSPS) is 10.6. The summed E-state index contributed by atoms with van der Waals surface area (Å²) in [5.41, 5.74) is 2.11. The minimum Gasteiger partial charge on any atom is -0.457 e. The molecule has 0 aliphatic carbocycles. The molecule has 0 heterocycles. The van der Waals surface area contributed by atoms with Gasteiger partial charge in [0.1, 0.15) is 23.0 Å². The minimum absolute atomic E-state index is 0.495. The summed E-state index contributed by atoms with van der Waals surface area (Å²) in [5.74, 6) is 3.16. The molecule has 0 atom stereocenters. The van der Waals surface area contributed by atoms with Gasteiger partial charge >= 0.3 is 0 Å². The second kappa shape index (κ2) is 10.6. The predicted octanol–water partition coefficient (Wildman–Crippen LogP) is 8.51. The van der Waals surface area contributed by atoms with Crippen LogP contribution in [0.5, 0.6) is 23.0 Å². The molecule has 156 valence electrons. The fourth-order valence-corrected chi connectivity index (χ4v) is 3.49. The topological polar surface area (TPSA) is 27.7 Å². The van der Waals surface area contributed by atoms with E-state index in [0.29, 0.717) is 13.2 Å². The summed E-state index contributed by atoms with van der Waals surface area (Å²) in [6, 6.07) is 31.4. The monoisotopic (exact) mass is 538 g/mol. The Morgan fingerprint density at radius 1 is 0.484 bits per heavy atom. The molecule has 0 spiro atoms. The average Bonchev–Trinajstić information content (AvgIpc) is 2.78. The molecular formula is C26H20Br2O3. The van der Waals surface area contributed by atoms with Crippen molar-refractivity contribution in [2.24, 2.45) is 0 Å². The highest BCUT2D eigenvalue weighted by Gasteiger charge is 2.03. The van der Waals surface area contributed by atoms with Gasteiger partial charge in [-0.3, -0.25) is 0 Å². The van der Waals surface area contributed by atoms with Crippen molar-refractivity contribution in [2.75, 3.05) is 0 Å². The Labute approximate surface area is 198 Å². The molecular weight excluding hydrogens is 520 g/mol. The lowest BCUT2D eigenvalue weighted by molar-refractivity contribution is 0.107. The molecule has 31 heavy (non-hydrogen) atoms. The Kier molecular flexibility index (Phi) is 7.41. The lowest BCUT2D eigenvalue weighted by Crippen LogP contribution is -1.95. The van der Waals surface area contributed by atoms with Crippen LogP contribution in [-0.4, -0.2) is 0 Å². The minimum atomic E-state index is 0.495. The molecule has 0 N–H and O–H groups in total. The van der Waals surface area contributed by atoms with Gasteiger partial charge in [-0.25, -0.2) is 0 Å². The summed E-state index contributed by atoms with van der Waals surface area (Å²) in [7, 11) is 0. The first-order valence-electron chi connectivity index (χ1n) is 9.76. The number of benzene rings is 4. The van der Waals surface area contributed by atoms with Crippen LogP contribution in [0.2, 0.25) is 0 Å². The molecule has 0 aromatic heterocycles. The molecule has 0 aliphatic heterocycles. The van der Waals surface area contributed by atoms with Gasteiger partial charge in [-0.2, -0.15) is 0 Å². The van der Waals surface area contributed by atoms with E-state index in [1.54, 1.807) is 0 Å². The summed E-state index contributed by atoms with van der Waals surface area (Å²) < 4.78 is 19.8. The summed E-state index contributed by atoms with van der Waals surface area (Å²) in [4.78, 5) is 0. The van der Waals surface area contributed by atoms with E-state index in [0.717, 1.165) is 43.1 Å². The first-order valence-corrected chi connectivity index (χ1v) is 11.4. The molecule has 0 amide bonds. The quantitative estimate of drug-likeness (QED) is 0.224. The van der Waals surface area contributed by atoms with E-state index in [1.807, 2.05) is 97.1 Å². The van der Waals surface area contributed by atoms with E-state index in [2.05, 4.69) is 31.9 Å². The third kappa shape index (κ3) is 6.69. The summed E-state index contributed by atoms with van der Waals surface area (Å²) >= 11 is 6.86. The molecule has 3 nitrogen and oxygen atoms in total. The van der Waals surface area contributed by atoms with Gasteiger partial charge in [0, 0.05) is 8.95 Å². The van der Waals surface area contributed by atoms with Crippen LogP contribution >= 0.6 is 31.9 Å². The van der Waals surface area contributed by atoms with Crippen LogP contribution in [0.1, 0.15) is 11.1 Å². The average molecular weight is 540 g/mol. The van der Waals surface area contributed by atoms with Gasteiger partial charge in [0.05, 0.1) is 13.2 Å². The number of hydrogen-bond acceptors (Lipinski definition) is 3. The third-order valence-electron chi connectivity index (χ3n) is 4.43. The smallest absolute Gasteiger partial charge is 0.127 e. The van der Waals surface area contributed by atoms with Crippen molar-refractivity contribution in [3.8, 4) is 23.0 Å². The number of halogens is 2. The van der Waals surface area contributed by atoms with E-state index in [-0.39, 0.29) is 0 Å². The molecule has 4 aromatic carbocycles. The maximum absolute atomic E-state index is 5.92. The van der Waals surface area contributed by atoms with Crippen LogP contribution in [0.15, 0.2) is 106 Å². The number of ether oxygens (including phenoxy) is 3. The van der Waals surface area contributed by atoms with Crippen LogP contribution < -0.4 is 9.47 Å². The largest absolute Gasteiger partial charge is 0.457 e. The molecule has 0 radical (unpaired) electrons. The maximum Gasteiger partial charge on any atom is 0.127 e. The molecule has 5 heteroatoms. The highest BCUT2D eigenvalue weighted by Crippen LogP contribution is 2.26. The van der Waals surface area contributed by atoms with Gasteiger partial charge in [0.2, 0.25) is 0 Å². The van der Waals surface area contributed by atoms with E-state index in [1.165, 1.54) is 0 Å². The molecule has 0 unspecified atom stereocenters. The lowest BCUT2D eigenvalue weighted by Gasteiger charge is -2.10. The molecule has 4 rings (SSSR count). The van der Waals surface area contributed by atoms with Crippen molar-refractivity contribution < 1.29 is 14.2 Å². The fraction of sp³-hybridized carbons (Fsp3) is 0.0769. The zero-order chi connectivity index (χ0) is 21.5.